The molecule has 0 fully saturated rings. The van der Waals surface area contributed by atoms with E-state index in [-0.39, 0.29) is 0 Å². The van der Waals surface area contributed by atoms with Crippen molar-refractivity contribution in [3.63, 3.8) is 0 Å². The van der Waals surface area contributed by atoms with Crippen molar-refractivity contribution in [2.24, 2.45) is 5.84 Å². The van der Waals surface area contributed by atoms with E-state index in [2.05, 4.69) is 20.7 Å². The molecule has 6 heteroatoms. The lowest BCUT2D eigenvalue weighted by molar-refractivity contribution is 0.147. The fourth-order valence-corrected chi connectivity index (χ4v) is 1.27. The van der Waals surface area contributed by atoms with Gasteiger partial charge in [0, 0.05) is 25.8 Å². The normalized spacial score (nSPS) is 10.2. The van der Waals surface area contributed by atoms with Crippen LogP contribution in [0.15, 0.2) is 6.07 Å². The highest BCUT2D eigenvalue weighted by molar-refractivity contribution is 5.46. The number of hydrazine groups is 1. The largest absolute Gasteiger partial charge is 0.382 e. The number of aryl methyl sites for hydroxylation is 1. The molecule has 4 N–H and O–H groups in total. The lowest BCUT2D eigenvalue weighted by Gasteiger charge is -2.08. The lowest BCUT2D eigenvalue weighted by Crippen LogP contribution is -2.12. The molecule has 0 radical (unpaired) electrons. The first-order valence-electron chi connectivity index (χ1n) is 5.40. The standard InChI is InChI=1S/C10H19N5O/c1-3-16-6-4-5-12-9-7-10(15-11)14-8(2)13-9/h7H,3-6,11H2,1-2H3,(H2,12,13,14,15). The minimum atomic E-state index is 0.611. The van der Waals surface area contributed by atoms with Crippen molar-refractivity contribution in [1.29, 1.82) is 0 Å². The van der Waals surface area contributed by atoms with E-state index in [4.69, 9.17) is 10.6 Å². The Balaban J connectivity index is 2.38. The van der Waals surface area contributed by atoms with Gasteiger partial charge in [-0.2, -0.15) is 0 Å². The number of ether oxygens (including phenoxy) is 1. The number of hydrogen-bond donors (Lipinski definition) is 3. The molecule has 0 bridgehead atoms. The van der Waals surface area contributed by atoms with Crippen LogP contribution in [0.5, 0.6) is 0 Å². The second-order valence-corrected chi connectivity index (χ2v) is 3.31. The number of nitrogens with zero attached hydrogens (tertiary/aromatic N) is 2. The summed E-state index contributed by atoms with van der Waals surface area (Å²) in [7, 11) is 0. The summed E-state index contributed by atoms with van der Waals surface area (Å²) in [5.41, 5.74) is 2.50. The van der Waals surface area contributed by atoms with Crippen LogP contribution in [0.4, 0.5) is 11.6 Å². The zero-order valence-corrected chi connectivity index (χ0v) is 9.79. The summed E-state index contributed by atoms with van der Waals surface area (Å²) in [6.45, 7) is 6.15. The molecule has 0 spiro atoms. The van der Waals surface area contributed by atoms with Crippen LogP contribution >= 0.6 is 0 Å². The average molecular weight is 225 g/mol. The number of nitrogens with one attached hydrogen (secondary N) is 2. The first-order chi connectivity index (χ1) is 7.76. The van der Waals surface area contributed by atoms with Crippen molar-refractivity contribution >= 4 is 11.6 Å². The molecule has 0 aliphatic rings. The summed E-state index contributed by atoms with van der Waals surface area (Å²) in [6.07, 6.45) is 0.947. The second-order valence-electron chi connectivity index (χ2n) is 3.31. The number of anilines is 2. The van der Waals surface area contributed by atoms with E-state index in [0.29, 0.717) is 11.6 Å². The molecule has 0 saturated carbocycles. The van der Waals surface area contributed by atoms with Crippen LogP contribution in [-0.4, -0.2) is 29.7 Å². The molecule has 90 valence electrons. The van der Waals surface area contributed by atoms with Crippen molar-refractivity contribution in [2.45, 2.75) is 20.3 Å². The third kappa shape index (κ3) is 4.41. The number of nitrogen functional groups attached to an aromatic ring is 1. The summed E-state index contributed by atoms with van der Waals surface area (Å²) >= 11 is 0. The van der Waals surface area contributed by atoms with Crippen LogP contribution in [0.1, 0.15) is 19.2 Å². The molecule has 0 unspecified atom stereocenters. The van der Waals surface area contributed by atoms with Crippen LogP contribution in [0.25, 0.3) is 0 Å². The van der Waals surface area contributed by atoms with Crippen LogP contribution < -0.4 is 16.6 Å². The molecule has 0 aliphatic heterocycles. The molecule has 16 heavy (non-hydrogen) atoms. The maximum absolute atomic E-state index is 5.29. The van der Waals surface area contributed by atoms with E-state index in [1.54, 1.807) is 6.07 Å². The summed E-state index contributed by atoms with van der Waals surface area (Å²) < 4.78 is 5.23. The smallest absolute Gasteiger partial charge is 0.145 e. The van der Waals surface area contributed by atoms with Crippen LogP contribution in [0.3, 0.4) is 0 Å². The topological polar surface area (TPSA) is 85.1 Å². The number of rotatable bonds is 7. The van der Waals surface area contributed by atoms with Gasteiger partial charge in [0.25, 0.3) is 0 Å². The Morgan fingerprint density at radius 3 is 2.81 bits per heavy atom. The quantitative estimate of drug-likeness (QED) is 0.363. The van der Waals surface area contributed by atoms with Crippen LogP contribution in [0, 0.1) is 6.92 Å². The van der Waals surface area contributed by atoms with Gasteiger partial charge >= 0.3 is 0 Å². The first kappa shape index (κ1) is 12.7. The summed E-state index contributed by atoms with van der Waals surface area (Å²) in [5, 5.41) is 3.19. The molecule has 0 aromatic carbocycles. The Bertz CT molecular complexity index is 318. The summed E-state index contributed by atoms with van der Waals surface area (Å²) in [6, 6.07) is 1.77. The van der Waals surface area contributed by atoms with Crippen LogP contribution in [0.2, 0.25) is 0 Å². The molecule has 1 aromatic heterocycles. The molecule has 0 aliphatic carbocycles. The molecular formula is C10H19N5O. The van der Waals surface area contributed by atoms with E-state index < -0.39 is 0 Å². The van der Waals surface area contributed by atoms with Crippen LogP contribution in [-0.2, 0) is 4.74 Å². The van der Waals surface area contributed by atoms with Gasteiger partial charge in [0.05, 0.1) is 0 Å². The van der Waals surface area contributed by atoms with Gasteiger partial charge in [0.1, 0.15) is 17.5 Å². The highest BCUT2D eigenvalue weighted by Gasteiger charge is 1.99. The molecule has 6 nitrogen and oxygen atoms in total. The lowest BCUT2D eigenvalue weighted by atomic mass is 10.4. The SMILES string of the molecule is CCOCCCNc1cc(NN)nc(C)n1. The fourth-order valence-electron chi connectivity index (χ4n) is 1.27. The molecule has 1 aromatic rings. The molecule has 0 amide bonds. The van der Waals surface area contributed by atoms with Crippen molar-refractivity contribution < 1.29 is 4.74 Å². The highest BCUT2D eigenvalue weighted by atomic mass is 16.5. The number of hydrogen-bond acceptors (Lipinski definition) is 6. The number of aromatic nitrogens is 2. The van der Waals surface area contributed by atoms with Gasteiger partial charge in [0.2, 0.25) is 0 Å². The first-order valence-corrected chi connectivity index (χ1v) is 5.40. The predicted octanol–water partition coefficient (Wildman–Crippen LogP) is 0.909. The van der Waals surface area contributed by atoms with Crippen molar-refractivity contribution in [3.05, 3.63) is 11.9 Å². The van der Waals surface area contributed by atoms with Gasteiger partial charge in [0.15, 0.2) is 0 Å². The number of nitrogens with two attached hydrogens (primary N) is 1. The highest BCUT2D eigenvalue weighted by Crippen LogP contribution is 2.09. The van der Waals surface area contributed by atoms with Crippen molar-refractivity contribution in [2.75, 3.05) is 30.5 Å². The zero-order chi connectivity index (χ0) is 11.8. The van der Waals surface area contributed by atoms with Crippen molar-refractivity contribution in [1.82, 2.24) is 9.97 Å². The van der Waals surface area contributed by atoms with E-state index in [1.165, 1.54) is 0 Å². The minimum Gasteiger partial charge on any atom is -0.382 e. The second kappa shape index (κ2) is 6.97. The van der Waals surface area contributed by atoms with Gasteiger partial charge in [-0.15, -0.1) is 0 Å². The Hall–Kier alpha value is -1.40. The van der Waals surface area contributed by atoms with Crippen molar-refractivity contribution in [3.8, 4) is 0 Å². The van der Waals surface area contributed by atoms with E-state index in [1.807, 2.05) is 13.8 Å². The molecular weight excluding hydrogens is 206 g/mol. The Labute approximate surface area is 95.6 Å². The Morgan fingerprint density at radius 2 is 2.12 bits per heavy atom. The fraction of sp³-hybridized carbons (Fsp3) is 0.600. The minimum absolute atomic E-state index is 0.611. The maximum Gasteiger partial charge on any atom is 0.145 e. The summed E-state index contributed by atoms with van der Waals surface area (Å²) in [4.78, 5) is 8.34. The maximum atomic E-state index is 5.29. The van der Waals surface area contributed by atoms with Gasteiger partial charge in [-0.1, -0.05) is 0 Å². The van der Waals surface area contributed by atoms with Gasteiger partial charge < -0.3 is 15.5 Å². The monoisotopic (exact) mass is 225 g/mol. The zero-order valence-electron chi connectivity index (χ0n) is 9.79. The molecule has 1 rings (SSSR count). The summed E-state index contributed by atoms with van der Waals surface area (Å²) in [5.74, 6) is 7.36. The van der Waals surface area contributed by atoms with E-state index >= 15 is 0 Å². The third-order valence-electron chi connectivity index (χ3n) is 1.96. The van der Waals surface area contributed by atoms with Gasteiger partial charge in [-0.25, -0.2) is 15.8 Å². The van der Waals surface area contributed by atoms with E-state index in [9.17, 15) is 0 Å². The Morgan fingerprint density at radius 1 is 1.38 bits per heavy atom. The third-order valence-corrected chi connectivity index (χ3v) is 1.96. The Kier molecular flexibility index (Phi) is 5.52. The molecule has 1 heterocycles. The molecule has 0 saturated heterocycles. The van der Waals surface area contributed by atoms with E-state index in [0.717, 1.165) is 32.0 Å². The van der Waals surface area contributed by atoms with Gasteiger partial charge in [-0.3, -0.25) is 0 Å². The average Bonchev–Trinajstić information content (AvgIpc) is 2.28. The van der Waals surface area contributed by atoms with Gasteiger partial charge in [-0.05, 0) is 20.3 Å². The predicted molar refractivity (Wildman–Crippen MR) is 64.2 cm³/mol. The molecule has 0 atom stereocenters.